The van der Waals surface area contributed by atoms with E-state index in [9.17, 15) is 32.6 Å². The van der Waals surface area contributed by atoms with Gasteiger partial charge in [0.2, 0.25) is 0 Å². The van der Waals surface area contributed by atoms with Crippen molar-refractivity contribution in [2.24, 2.45) is 0 Å². The molecule has 0 saturated carbocycles. The van der Waals surface area contributed by atoms with Crippen LogP contribution in [0.1, 0.15) is 5.56 Å². The molecular weight excluding hydrogens is 332 g/mol. The molecule has 0 fully saturated rings. The highest BCUT2D eigenvalue weighted by Gasteiger charge is 2.39. The molecule has 0 aliphatic heterocycles. The second-order valence-electron chi connectivity index (χ2n) is 4.24. The molecule has 0 spiro atoms. The van der Waals surface area contributed by atoms with Crippen LogP contribution in [0.4, 0.5) is 18.9 Å². The highest BCUT2D eigenvalue weighted by atomic mass is 31.2. The predicted octanol–water partition coefficient (Wildman–Crippen LogP) is 1.26. The van der Waals surface area contributed by atoms with E-state index in [-0.39, 0.29) is 5.39 Å². The molecule has 0 bridgehead atoms. The number of hydrogen-bond donors (Lipinski definition) is 3. The van der Waals surface area contributed by atoms with Gasteiger partial charge in [0.1, 0.15) is 10.9 Å². The molecule has 1 heterocycles. The second kappa shape index (κ2) is 4.90. The Kier molecular flexibility index (Phi) is 3.60. The van der Waals surface area contributed by atoms with Gasteiger partial charge >= 0.3 is 13.8 Å². The van der Waals surface area contributed by atoms with Crippen LogP contribution in [0, 0.1) is 10.1 Å². The number of nitrogens with one attached hydrogen (secondary N) is 1. The van der Waals surface area contributed by atoms with E-state index in [4.69, 9.17) is 9.79 Å². The maximum atomic E-state index is 12.8. The lowest BCUT2D eigenvalue weighted by Gasteiger charge is -2.10. The Morgan fingerprint density at radius 2 is 1.82 bits per heavy atom. The summed E-state index contributed by atoms with van der Waals surface area (Å²) in [5.74, 6) is 0. The van der Waals surface area contributed by atoms with E-state index in [1.807, 2.05) is 4.98 Å². The number of aromatic amines is 1. The molecule has 1 aromatic heterocycles. The lowest BCUT2D eigenvalue weighted by atomic mass is 10.1. The minimum absolute atomic E-state index is 0.308. The Morgan fingerprint density at radius 1 is 1.23 bits per heavy atom. The number of rotatable bonds is 2. The number of nitro groups is 1. The molecule has 0 amide bonds. The first-order chi connectivity index (χ1) is 9.91. The summed E-state index contributed by atoms with van der Waals surface area (Å²) < 4.78 is 49.5. The van der Waals surface area contributed by atoms with Crippen molar-refractivity contribution in [1.82, 2.24) is 4.98 Å². The number of halogens is 3. The fourth-order valence-corrected chi connectivity index (χ4v) is 2.45. The minimum Gasteiger partial charge on any atom is -0.321 e. The zero-order chi connectivity index (χ0) is 16.9. The van der Waals surface area contributed by atoms with Crippen molar-refractivity contribution in [3.8, 4) is 0 Å². The summed E-state index contributed by atoms with van der Waals surface area (Å²) in [6, 6.07) is 1.47. The number of aromatic nitrogens is 1. The number of pyridine rings is 1. The molecule has 3 N–H and O–H groups in total. The van der Waals surface area contributed by atoms with Crippen molar-refractivity contribution in [1.29, 1.82) is 0 Å². The van der Waals surface area contributed by atoms with Crippen LogP contribution in [0.25, 0.3) is 10.9 Å². The number of benzene rings is 1. The first-order valence-corrected chi connectivity index (χ1v) is 7.01. The monoisotopic (exact) mass is 338 g/mol. The van der Waals surface area contributed by atoms with Gasteiger partial charge in [0, 0.05) is 17.0 Å². The number of nitrogens with zero attached hydrogens (tertiary/aromatic N) is 1. The van der Waals surface area contributed by atoms with Crippen molar-refractivity contribution >= 4 is 29.5 Å². The Balaban J connectivity index is 2.90. The highest BCUT2D eigenvalue weighted by molar-refractivity contribution is 7.60. The average molecular weight is 338 g/mol. The molecule has 2 rings (SSSR count). The van der Waals surface area contributed by atoms with E-state index in [0.717, 1.165) is 0 Å². The third kappa shape index (κ3) is 2.86. The zero-order valence-electron chi connectivity index (χ0n) is 10.3. The summed E-state index contributed by atoms with van der Waals surface area (Å²) in [6.45, 7) is 0. The predicted molar refractivity (Wildman–Crippen MR) is 67.9 cm³/mol. The lowest BCUT2D eigenvalue weighted by Crippen LogP contribution is -2.27. The Morgan fingerprint density at radius 3 is 2.27 bits per heavy atom. The first kappa shape index (κ1) is 16.1. The molecular formula is C10H6F3N2O6P. The van der Waals surface area contributed by atoms with Gasteiger partial charge in [-0.2, -0.15) is 13.2 Å². The molecule has 0 radical (unpaired) electrons. The third-order valence-corrected chi connectivity index (χ3v) is 3.72. The molecule has 118 valence electrons. The van der Waals surface area contributed by atoms with Gasteiger partial charge in [0.05, 0.1) is 4.92 Å². The van der Waals surface area contributed by atoms with Crippen LogP contribution in [0.2, 0.25) is 0 Å². The van der Waals surface area contributed by atoms with Crippen molar-refractivity contribution in [2.75, 3.05) is 0 Å². The van der Waals surface area contributed by atoms with Crippen LogP contribution in [0.5, 0.6) is 0 Å². The van der Waals surface area contributed by atoms with Crippen LogP contribution in [0.15, 0.2) is 23.0 Å². The summed E-state index contributed by atoms with van der Waals surface area (Å²) in [5, 5.41) is 9.44. The van der Waals surface area contributed by atoms with Crippen LogP contribution in [0.3, 0.4) is 0 Å². The molecule has 1 aromatic carbocycles. The highest BCUT2D eigenvalue weighted by Crippen LogP contribution is 2.38. The topological polar surface area (TPSA) is 134 Å². The van der Waals surface area contributed by atoms with Gasteiger partial charge in [-0.3, -0.25) is 19.5 Å². The zero-order valence-corrected chi connectivity index (χ0v) is 11.2. The van der Waals surface area contributed by atoms with Gasteiger partial charge in [0.15, 0.2) is 0 Å². The van der Waals surface area contributed by atoms with Gasteiger partial charge < -0.3 is 14.8 Å². The SMILES string of the molecule is O=c1[nH]c2cc(C(F)(F)F)c([N+](=O)[O-])cc2cc1P(=O)(O)O. The molecule has 22 heavy (non-hydrogen) atoms. The van der Waals surface area contributed by atoms with Gasteiger partial charge in [-0.1, -0.05) is 0 Å². The quantitative estimate of drug-likeness (QED) is 0.429. The third-order valence-electron chi connectivity index (χ3n) is 2.76. The molecule has 2 aromatic rings. The van der Waals surface area contributed by atoms with E-state index in [2.05, 4.69) is 0 Å². The molecule has 12 heteroatoms. The van der Waals surface area contributed by atoms with Crippen LogP contribution in [-0.2, 0) is 10.7 Å². The molecule has 8 nitrogen and oxygen atoms in total. The Hall–Kier alpha value is -2.23. The van der Waals surface area contributed by atoms with E-state index in [0.29, 0.717) is 18.2 Å². The summed E-state index contributed by atoms with van der Waals surface area (Å²) >= 11 is 0. The van der Waals surface area contributed by atoms with Gasteiger partial charge in [-0.15, -0.1) is 0 Å². The van der Waals surface area contributed by atoms with Gasteiger partial charge in [0.25, 0.3) is 11.2 Å². The molecule has 0 aliphatic rings. The van der Waals surface area contributed by atoms with E-state index >= 15 is 0 Å². The van der Waals surface area contributed by atoms with E-state index < -0.39 is 46.3 Å². The number of fused-ring (bicyclic) bond motifs is 1. The normalized spacial score (nSPS) is 12.6. The van der Waals surface area contributed by atoms with Crippen molar-refractivity contribution < 1.29 is 32.4 Å². The fraction of sp³-hybridized carbons (Fsp3) is 0.100. The number of nitro benzene ring substituents is 1. The van der Waals surface area contributed by atoms with Crippen LogP contribution in [-0.4, -0.2) is 19.7 Å². The van der Waals surface area contributed by atoms with Gasteiger partial charge in [-0.05, 0) is 12.1 Å². The van der Waals surface area contributed by atoms with Crippen LogP contribution < -0.4 is 10.9 Å². The van der Waals surface area contributed by atoms with Crippen LogP contribution >= 0.6 is 7.60 Å². The summed E-state index contributed by atoms with van der Waals surface area (Å²) in [4.78, 5) is 40.8. The second-order valence-corrected chi connectivity index (χ2v) is 5.81. The standard InChI is InChI=1S/C10H6F3N2O6P/c11-10(12,13)5-3-6-4(1-7(5)15(17)18)2-8(9(16)14-6)22(19,20)21/h1-3H,(H,14,16)(H2,19,20,21). The molecule has 0 saturated heterocycles. The molecule has 0 aliphatic carbocycles. The molecule has 0 unspecified atom stereocenters. The minimum atomic E-state index is -5.03. The maximum absolute atomic E-state index is 12.8. The van der Waals surface area contributed by atoms with E-state index in [1.165, 1.54) is 0 Å². The first-order valence-electron chi connectivity index (χ1n) is 5.40. The Labute approximate surface area is 118 Å². The summed E-state index contributed by atoms with van der Waals surface area (Å²) in [7, 11) is -4.98. The van der Waals surface area contributed by atoms with Crippen molar-refractivity contribution in [3.05, 3.63) is 44.2 Å². The Bertz CT molecular complexity index is 885. The number of H-pyrrole nitrogens is 1. The number of alkyl halides is 3. The lowest BCUT2D eigenvalue weighted by molar-refractivity contribution is -0.387. The van der Waals surface area contributed by atoms with Crippen molar-refractivity contribution in [3.63, 3.8) is 0 Å². The van der Waals surface area contributed by atoms with Crippen molar-refractivity contribution in [2.45, 2.75) is 6.18 Å². The summed E-state index contributed by atoms with van der Waals surface area (Å²) in [6.07, 6.45) is -5.03. The van der Waals surface area contributed by atoms with E-state index in [1.54, 1.807) is 0 Å². The smallest absolute Gasteiger partial charge is 0.321 e. The fourth-order valence-electron chi connectivity index (χ4n) is 1.83. The van der Waals surface area contributed by atoms with Gasteiger partial charge in [-0.25, -0.2) is 0 Å². The average Bonchev–Trinajstić information content (AvgIpc) is 2.33. The summed E-state index contributed by atoms with van der Waals surface area (Å²) in [5.41, 5.74) is -4.57. The molecule has 0 atom stereocenters. The number of hydrogen-bond acceptors (Lipinski definition) is 4. The maximum Gasteiger partial charge on any atom is 0.423 e. The largest absolute Gasteiger partial charge is 0.423 e.